The zero-order chi connectivity index (χ0) is 17.5. The second-order valence-corrected chi connectivity index (χ2v) is 5.10. The van der Waals surface area contributed by atoms with Crippen molar-refractivity contribution < 1.29 is 19.8 Å². The van der Waals surface area contributed by atoms with E-state index in [1.165, 1.54) is 24.3 Å². The minimum absolute atomic E-state index is 0.00761. The van der Waals surface area contributed by atoms with Crippen LogP contribution < -0.4 is 10.6 Å². The van der Waals surface area contributed by atoms with Crippen LogP contribution in [0.25, 0.3) is 0 Å². The summed E-state index contributed by atoms with van der Waals surface area (Å²) in [6, 6.07) is 11.6. The first-order chi connectivity index (χ1) is 11.4. The maximum Gasteiger partial charge on any atom is 0.325 e. The van der Waals surface area contributed by atoms with Gasteiger partial charge in [0.15, 0.2) is 0 Å². The van der Waals surface area contributed by atoms with Gasteiger partial charge in [-0.1, -0.05) is 12.1 Å². The highest BCUT2D eigenvalue weighted by Crippen LogP contribution is 2.19. The Labute approximate surface area is 138 Å². The van der Waals surface area contributed by atoms with Crippen LogP contribution >= 0.6 is 0 Å². The Morgan fingerprint density at radius 3 is 2.38 bits per heavy atom. The number of aliphatic imine (C=N–C) groups is 1. The predicted octanol–water partition coefficient (Wildman–Crippen LogP) is 2.93. The number of carbonyl (C=O) groups excluding carboxylic acids is 2. The van der Waals surface area contributed by atoms with Gasteiger partial charge >= 0.3 is 6.03 Å². The molecule has 0 bridgehead atoms. The smallest absolute Gasteiger partial charge is 0.325 e. The molecule has 0 heterocycles. The Morgan fingerprint density at radius 1 is 1.04 bits per heavy atom. The molecule has 0 fully saturated rings. The normalized spacial score (nSPS) is 11.0. The van der Waals surface area contributed by atoms with Crippen LogP contribution in [-0.2, 0) is 4.79 Å². The fraction of sp³-hybridized carbons (Fsp3) is 0.118. The van der Waals surface area contributed by atoms with E-state index in [1.54, 1.807) is 31.2 Å². The lowest BCUT2D eigenvalue weighted by Crippen LogP contribution is -2.35. The number of imide groups is 1. The van der Waals surface area contributed by atoms with E-state index in [0.29, 0.717) is 17.1 Å². The lowest BCUT2D eigenvalue weighted by molar-refractivity contribution is -0.118. The number of nitrogens with one attached hydrogen (secondary N) is 2. The summed E-state index contributed by atoms with van der Waals surface area (Å²) in [5.74, 6) is -0.429. The van der Waals surface area contributed by atoms with E-state index in [4.69, 9.17) is 0 Å². The number of hydrogen-bond donors (Lipinski definition) is 4. The highest BCUT2D eigenvalue weighted by atomic mass is 16.3. The van der Waals surface area contributed by atoms with Crippen molar-refractivity contribution in [2.45, 2.75) is 13.3 Å². The Bertz CT molecular complexity index is 787. The van der Waals surface area contributed by atoms with Gasteiger partial charge in [0.25, 0.3) is 0 Å². The van der Waals surface area contributed by atoms with Gasteiger partial charge in [0, 0.05) is 23.5 Å². The molecule has 0 atom stereocenters. The topological polar surface area (TPSA) is 111 Å². The number of anilines is 1. The van der Waals surface area contributed by atoms with E-state index < -0.39 is 11.9 Å². The van der Waals surface area contributed by atoms with Crippen molar-refractivity contribution in [3.8, 4) is 11.5 Å². The predicted molar refractivity (Wildman–Crippen MR) is 90.8 cm³/mol. The summed E-state index contributed by atoms with van der Waals surface area (Å²) < 4.78 is 0. The van der Waals surface area contributed by atoms with Gasteiger partial charge in [0.2, 0.25) is 5.91 Å². The van der Waals surface area contributed by atoms with Crippen molar-refractivity contribution in [3.63, 3.8) is 0 Å². The van der Waals surface area contributed by atoms with Crippen LogP contribution in [0.3, 0.4) is 0 Å². The molecule has 24 heavy (non-hydrogen) atoms. The molecule has 3 amide bonds. The number of benzene rings is 2. The first-order valence-electron chi connectivity index (χ1n) is 7.15. The summed E-state index contributed by atoms with van der Waals surface area (Å²) in [4.78, 5) is 27.7. The van der Waals surface area contributed by atoms with Crippen molar-refractivity contribution in [2.75, 3.05) is 5.32 Å². The third-order valence-electron chi connectivity index (χ3n) is 2.92. The summed E-state index contributed by atoms with van der Waals surface area (Å²) in [6.07, 6.45) is -0.0664. The Hall–Kier alpha value is -3.35. The number of phenolic OH excluding ortho intramolecular Hbond substituents is 2. The zero-order valence-electron chi connectivity index (χ0n) is 13.0. The van der Waals surface area contributed by atoms with Gasteiger partial charge < -0.3 is 15.5 Å². The Kier molecular flexibility index (Phi) is 5.51. The van der Waals surface area contributed by atoms with Crippen LogP contribution in [0.4, 0.5) is 16.2 Å². The SMILES string of the molecule is CC(CC(=O)NC(=O)Nc1cccc(O)c1)=Nc1cccc(O)c1. The fourth-order valence-electron chi connectivity index (χ4n) is 1.97. The highest BCUT2D eigenvalue weighted by molar-refractivity contribution is 6.08. The summed E-state index contributed by atoms with van der Waals surface area (Å²) in [5, 5.41) is 23.3. The van der Waals surface area contributed by atoms with Crippen LogP contribution in [-0.4, -0.2) is 27.9 Å². The molecule has 0 aliphatic carbocycles. The standard InChI is InChI=1S/C17H17N3O4/c1-11(18-12-4-2-6-14(21)9-12)8-16(23)20-17(24)19-13-5-3-7-15(22)10-13/h2-7,9-10,21-22H,8H2,1H3,(H2,19,20,23,24). The Balaban J connectivity index is 1.89. The largest absolute Gasteiger partial charge is 0.508 e. The summed E-state index contributed by atoms with van der Waals surface area (Å²) in [6.45, 7) is 1.65. The molecule has 0 saturated heterocycles. The van der Waals surface area contributed by atoms with Crippen LogP contribution in [0.1, 0.15) is 13.3 Å². The van der Waals surface area contributed by atoms with Crippen molar-refractivity contribution in [2.24, 2.45) is 4.99 Å². The maximum atomic E-state index is 11.8. The van der Waals surface area contributed by atoms with E-state index in [0.717, 1.165) is 0 Å². The molecule has 0 radical (unpaired) electrons. The molecule has 4 N–H and O–H groups in total. The van der Waals surface area contributed by atoms with Gasteiger partial charge in [-0.15, -0.1) is 0 Å². The Morgan fingerprint density at radius 2 is 1.71 bits per heavy atom. The van der Waals surface area contributed by atoms with E-state index >= 15 is 0 Å². The number of urea groups is 1. The molecule has 7 nitrogen and oxygen atoms in total. The zero-order valence-corrected chi connectivity index (χ0v) is 13.0. The van der Waals surface area contributed by atoms with Crippen molar-refractivity contribution in [1.29, 1.82) is 0 Å². The van der Waals surface area contributed by atoms with Crippen LogP contribution in [0.2, 0.25) is 0 Å². The molecular weight excluding hydrogens is 310 g/mol. The average molecular weight is 327 g/mol. The first kappa shape index (κ1) is 17.0. The first-order valence-corrected chi connectivity index (χ1v) is 7.15. The second-order valence-electron chi connectivity index (χ2n) is 5.10. The van der Waals surface area contributed by atoms with E-state index in [9.17, 15) is 19.8 Å². The summed E-state index contributed by atoms with van der Waals surface area (Å²) in [5.41, 5.74) is 1.37. The molecule has 0 unspecified atom stereocenters. The lowest BCUT2D eigenvalue weighted by Gasteiger charge is -2.07. The molecule has 2 aromatic rings. The van der Waals surface area contributed by atoms with Crippen molar-refractivity contribution in [3.05, 3.63) is 48.5 Å². The summed E-state index contributed by atoms with van der Waals surface area (Å²) in [7, 11) is 0. The molecule has 7 heteroatoms. The number of amides is 3. The van der Waals surface area contributed by atoms with Crippen molar-refractivity contribution >= 4 is 29.0 Å². The molecule has 0 aliphatic rings. The third kappa shape index (κ3) is 5.45. The molecule has 124 valence electrons. The number of aromatic hydroxyl groups is 2. The van der Waals surface area contributed by atoms with Gasteiger partial charge in [0.1, 0.15) is 11.5 Å². The number of phenols is 2. The highest BCUT2D eigenvalue weighted by Gasteiger charge is 2.09. The minimum atomic E-state index is -0.698. The molecular formula is C17H17N3O4. The molecule has 0 spiro atoms. The average Bonchev–Trinajstić information content (AvgIpc) is 2.46. The third-order valence-corrected chi connectivity index (χ3v) is 2.92. The maximum absolute atomic E-state index is 11.8. The van der Waals surface area contributed by atoms with Crippen LogP contribution in [0.15, 0.2) is 53.5 Å². The van der Waals surface area contributed by atoms with E-state index in [-0.39, 0.29) is 17.9 Å². The monoisotopic (exact) mass is 327 g/mol. The molecule has 2 rings (SSSR count). The second kappa shape index (κ2) is 7.77. The van der Waals surface area contributed by atoms with Crippen molar-refractivity contribution in [1.82, 2.24) is 5.32 Å². The van der Waals surface area contributed by atoms with E-state index in [1.807, 2.05) is 0 Å². The molecule has 0 saturated carbocycles. The lowest BCUT2D eigenvalue weighted by atomic mass is 10.2. The van der Waals surface area contributed by atoms with Gasteiger partial charge in [-0.25, -0.2) is 4.79 Å². The van der Waals surface area contributed by atoms with Gasteiger partial charge in [-0.3, -0.25) is 15.1 Å². The number of carbonyl (C=O) groups is 2. The summed E-state index contributed by atoms with van der Waals surface area (Å²) >= 11 is 0. The minimum Gasteiger partial charge on any atom is -0.508 e. The van der Waals surface area contributed by atoms with Crippen LogP contribution in [0, 0.1) is 0 Å². The van der Waals surface area contributed by atoms with Gasteiger partial charge in [0.05, 0.1) is 12.1 Å². The fourth-order valence-corrected chi connectivity index (χ4v) is 1.97. The molecule has 0 aromatic heterocycles. The molecule has 0 aliphatic heterocycles. The van der Waals surface area contributed by atoms with Gasteiger partial charge in [-0.2, -0.15) is 0 Å². The molecule has 2 aromatic carbocycles. The number of rotatable bonds is 4. The number of hydrogen-bond acceptors (Lipinski definition) is 5. The quantitative estimate of drug-likeness (QED) is 0.647. The van der Waals surface area contributed by atoms with E-state index in [2.05, 4.69) is 15.6 Å². The van der Waals surface area contributed by atoms with Gasteiger partial charge in [-0.05, 0) is 31.2 Å². The van der Waals surface area contributed by atoms with Crippen LogP contribution in [0.5, 0.6) is 11.5 Å². The number of nitrogens with zero attached hydrogens (tertiary/aromatic N) is 1.